The zero-order chi connectivity index (χ0) is 4.41. The first-order valence-electron chi connectivity index (χ1n) is 2.17. The molecule has 0 spiro atoms. The summed E-state index contributed by atoms with van der Waals surface area (Å²) in [4.78, 5) is 0. The van der Waals surface area contributed by atoms with Crippen LogP contribution in [-0.2, 0) is 0 Å². The average Bonchev–Trinajstić information content (AvgIpc) is 1.86. The normalized spacial score (nSPS) is 21.0. The minimum absolute atomic E-state index is 1.31. The Kier molecular flexibility index (Phi) is 1.25. The smallest absolute Gasteiger partial charge is 0.134 e. The molecule has 0 saturated carbocycles. The van der Waals surface area contributed by atoms with Gasteiger partial charge in [-0.3, -0.25) is 0 Å². The Hall–Kier alpha value is 0.155. The highest BCUT2D eigenvalue weighted by molar-refractivity contribution is 8.02. The van der Waals surface area contributed by atoms with Crippen LogP contribution in [0.2, 0.25) is 0 Å². The molecule has 0 fully saturated rings. The van der Waals surface area contributed by atoms with E-state index < -0.39 is 0 Å². The first-order chi connectivity index (χ1) is 2.89. The molecule has 1 rings (SSSR count). The lowest BCUT2D eigenvalue weighted by Crippen LogP contribution is -1.72. The van der Waals surface area contributed by atoms with Gasteiger partial charge in [-0.05, 0) is 11.8 Å². The van der Waals surface area contributed by atoms with Crippen molar-refractivity contribution in [3.63, 3.8) is 0 Å². The summed E-state index contributed by atoms with van der Waals surface area (Å²) in [7, 11) is 2.18. The standard InChI is InChI=1S/C4H7BS/c5-4-1-2-6-3-4/h3H,1-2,5H2. The largest absolute Gasteiger partial charge is 0.135 e. The topological polar surface area (TPSA) is 0 Å². The van der Waals surface area contributed by atoms with Gasteiger partial charge in [-0.1, -0.05) is 0 Å². The van der Waals surface area contributed by atoms with Crippen molar-refractivity contribution in [2.75, 3.05) is 5.75 Å². The summed E-state index contributed by atoms with van der Waals surface area (Å²) in [6.45, 7) is 0. The molecule has 0 aromatic rings. The Bertz CT molecular complexity index is 77.6. The van der Waals surface area contributed by atoms with Crippen LogP contribution in [0.5, 0.6) is 0 Å². The van der Waals surface area contributed by atoms with Crippen molar-refractivity contribution in [2.24, 2.45) is 0 Å². The summed E-state index contributed by atoms with van der Waals surface area (Å²) >= 11 is 1.92. The summed E-state index contributed by atoms with van der Waals surface area (Å²) in [5.74, 6) is 1.31. The fourth-order valence-corrected chi connectivity index (χ4v) is 1.44. The number of rotatable bonds is 0. The van der Waals surface area contributed by atoms with Crippen molar-refractivity contribution in [1.82, 2.24) is 0 Å². The van der Waals surface area contributed by atoms with Gasteiger partial charge in [-0.2, -0.15) is 0 Å². The summed E-state index contributed by atoms with van der Waals surface area (Å²) in [6.07, 6.45) is 1.31. The molecule has 32 valence electrons. The number of thioether (sulfide) groups is 1. The van der Waals surface area contributed by atoms with Crippen molar-refractivity contribution in [1.29, 1.82) is 0 Å². The van der Waals surface area contributed by atoms with Gasteiger partial charge in [0.1, 0.15) is 7.85 Å². The predicted molar refractivity (Wildman–Crippen MR) is 33.7 cm³/mol. The van der Waals surface area contributed by atoms with Crippen LogP contribution < -0.4 is 0 Å². The molecule has 0 radical (unpaired) electrons. The van der Waals surface area contributed by atoms with E-state index in [9.17, 15) is 0 Å². The van der Waals surface area contributed by atoms with Crippen molar-refractivity contribution in [2.45, 2.75) is 6.42 Å². The lowest BCUT2D eigenvalue weighted by Gasteiger charge is -1.78. The molecule has 0 atom stereocenters. The summed E-state index contributed by atoms with van der Waals surface area (Å²) < 4.78 is 0. The molecule has 0 aliphatic carbocycles. The zero-order valence-electron chi connectivity index (χ0n) is 3.90. The molecule has 0 amide bonds. The van der Waals surface area contributed by atoms with E-state index in [1.807, 2.05) is 11.8 Å². The minimum Gasteiger partial charge on any atom is -0.135 e. The van der Waals surface area contributed by atoms with Gasteiger partial charge < -0.3 is 0 Å². The van der Waals surface area contributed by atoms with Crippen LogP contribution in [0.4, 0.5) is 0 Å². The Balaban J connectivity index is 2.45. The maximum Gasteiger partial charge on any atom is 0.134 e. The first-order valence-corrected chi connectivity index (χ1v) is 3.22. The predicted octanol–water partition coefficient (Wildman–Crippen LogP) is 0.598. The molecular weight excluding hydrogens is 90.9 g/mol. The highest BCUT2D eigenvalue weighted by Crippen LogP contribution is 2.17. The molecule has 0 aromatic carbocycles. The van der Waals surface area contributed by atoms with E-state index in [0.717, 1.165) is 0 Å². The Morgan fingerprint density at radius 2 is 2.67 bits per heavy atom. The van der Waals surface area contributed by atoms with Crippen LogP contribution in [-0.4, -0.2) is 13.6 Å². The second-order valence-electron chi connectivity index (χ2n) is 1.58. The van der Waals surface area contributed by atoms with Crippen molar-refractivity contribution >= 4 is 19.6 Å². The van der Waals surface area contributed by atoms with Gasteiger partial charge >= 0.3 is 0 Å². The van der Waals surface area contributed by atoms with E-state index in [1.54, 1.807) is 5.47 Å². The van der Waals surface area contributed by atoms with Crippen LogP contribution in [0.1, 0.15) is 6.42 Å². The molecule has 0 unspecified atom stereocenters. The molecule has 0 N–H and O–H groups in total. The van der Waals surface area contributed by atoms with Crippen LogP contribution >= 0.6 is 11.8 Å². The molecule has 2 heteroatoms. The highest BCUT2D eigenvalue weighted by Gasteiger charge is 1.95. The van der Waals surface area contributed by atoms with Gasteiger partial charge in [0.15, 0.2) is 0 Å². The second-order valence-corrected chi connectivity index (χ2v) is 2.56. The van der Waals surface area contributed by atoms with E-state index in [2.05, 4.69) is 13.3 Å². The van der Waals surface area contributed by atoms with E-state index in [-0.39, 0.29) is 0 Å². The van der Waals surface area contributed by atoms with E-state index in [1.165, 1.54) is 12.2 Å². The van der Waals surface area contributed by atoms with Crippen LogP contribution in [0.3, 0.4) is 0 Å². The van der Waals surface area contributed by atoms with Crippen LogP contribution in [0, 0.1) is 0 Å². The van der Waals surface area contributed by atoms with Gasteiger partial charge in [0.05, 0.1) is 0 Å². The Labute approximate surface area is 43.4 Å². The van der Waals surface area contributed by atoms with E-state index >= 15 is 0 Å². The lowest BCUT2D eigenvalue weighted by atomic mass is 9.96. The summed E-state index contributed by atoms with van der Waals surface area (Å²) in [6, 6.07) is 0. The molecule has 6 heavy (non-hydrogen) atoms. The monoisotopic (exact) mass is 98.0 g/mol. The van der Waals surface area contributed by atoms with Crippen molar-refractivity contribution in [3.8, 4) is 0 Å². The maximum absolute atomic E-state index is 2.24. The Morgan fingerprint density at radius 1 is 1.83 bits per heavy atom. The van der Waals surface area contributed by atoms with Crippen LogP contribution in [0.25, 0.3) is 0 Å². The molecule has 0 aromatic heterocycles. The fourth-order valence-electron chi connectivity index (χ4n) is 0.480. The molecule has 1 aliphatic heterocycles. The summed E-state index contributed by atoms with van der Waals surface area (Å²) in [5, 5.41) is 2.24. The van der Waals surface area contributed by atoms with Crippen molar-refractivity contribution < 1.29 is 0 Å². The third-order valence-corrected chi connectivity index (χ3v) is 1.91. The fraction of sp³-hybridized carbons (Fsp3) is 0.500. The van der Waals surface area contributed by atoms with Crippen LogP contribution in [0.15, 0.2) is 10.9 Å². The van der Waals surface area contributed by atoms with Gasteiger partial charge in [-0.15, -0.1) is 17.2 Å². The third kappa shape index (κ3) is 0.808. The molecule has 1 heterocycles. The van der Waals surface area contributed by atoms with Crippen molar-refractivity contribution in [3.05, 3.63) is 10.9 Å². The molecular formula is C4H7BS. The van der Waals surface area contributed by atoms with E-state index in [4.69, 9.17) is 0 Å². The Morgan fingerprint density at radius 3 is 2.83 bits per heavy atom. The molecule has 1 aliphatic rings. The lowest BCUT2D eigenvalue weighted by molar-refractivity contribution is 1.25. The number of hydrogen-bond donors (Lipinski definition) is 0. The minimum atomic E-state index is 1.31. The van der Waals surface area contributed by atoms with Gasteiger partial charge in [0.2, 0.25) is 0 Å². The first kappa shape index (κ1) is 4.32. The van der Waals surface area contributed by atoms with Gasteiger partial charge in [-0.25, -0.2) is 0 Å². The highest BCUT2D eigenvalue weighted by atomic mass is 32.2. The number of allylic oxidation sites excluding steroid dienone is 1. The average molecular weight is 98.0 g/mol. The zero-order valence-corrected chi connectivity index (χ0v) is 4.72. The second kappa shape index (κ2) is 1.74. The van der Waals surface area contributed by atoms with E-state index in [0.29, 0.717) is 0 Å². The van der Waals surface area contributed by atoms with Gasteiger partial charge in [0, 0.05) is 5.75 Å². The maximum atomic E-state index is 2.24. The SMILES string of the molecule is BC1=CSCC1. The molecule has 0 nitrogen and oxygen atoms in total. The summed E-state index contributed by atoms with van der Waals surface area (Å²) in [5.41, 5.74) is 1.54. The molecule has 0 saturated heterocycles. The molecule has 0 bridgehead atoms. The third-order valence-electron chi connectivity index (χ3n) is 0.899. The van der Waals surface area contributed by atoms with Gasteiger partial charge in [0.25, 0.3) is 0 Å². The number of hydrogen-bond acceptors (Lipinski definition) is 1. The quantitative estimate of drug-likeness (QED) is 0.400.